The number of rotatable bonds is 3. The zero-order chi connectivity index (χ0) is 17.2. The molecule has 0 amide bonds. The Morgan fingerprint density at radius 1 is 1.00 bits per heavy atom. The summed E-state index contributed by atoms with van der Waals surface area (Å²) in [6.45, 7) is 0. The minimum Gasteiger partial charge on any atom is -0.289 e. The minimum absolute atomic E-state index is 0.225. The van der Waals surface area contributed by atoms with E-state index in [4.69, 9.17) is 0 Å². The van der Waals surface area contributed by atoms with Crippen LogP contribution < -0.4 is 0 Å². The van der Waals surface area contributed by atoms with E-state index in [0.717, 1.165) is 12.1 Å². The van der Waals surface area contributed by atoms with Crippen molar-refractivity contribution in [3.8, 4) is 0 Å². The van der Waals surface area contributed by atoms with Crippen molar-refractivity contribution in [1.29, 1.82) is 0 Å². The number of ketones is 1. The second-order valence-electron chi connectivity index (χ2n) is 5.07. The van der Waals surface area contributed by atoms with Gasteiger partial charge in [-0.2, -0.15) is 13.2 Å². The third kappa shape index (κ3) is 3.48. The van der Waals surface area contributed by atoms with Crippen LogP contribution >= 0.6 is 0 Å². The summed E-state index contributed by atoms with van der Waals surface area (Å²) in [5.41, 5.74) is 0.352. The van der Waals surface area contributed by atoms with Crippen molar-refractivity contribution in [3.05, 3.63) is 77.8 Å². The first-order valence-corrected chi connectivity index (χ1v) is 7.04. The number of nitrogens with zero attached hydrogens (tertiary/aromatic N) is 2. The smallest absolute Gasteiger partial charge is 0.289 e. The van der Waals surface area contributed by atoms with E-state index >= 15 is 0 Å². The lowest BCUT2D eigenvalue weighted by Crippen LogP contribution is -2.04. The van der Waals surface area contributed by atoms with Gasteiger partial charge < -0.3 is 0 Å². The van der Waals surface area contributed by atoms with Crippen molar-refractivity contribution in [3.63, 3.8) is 0 Å². The van der Waals surface area contributed by atoms with Crippen LogP contribution in [0.1, 0.15) is 21.6 Å². The molecule has 0 aliphatic carbocycles. The molecule has 0 atom stereocenters. The van der Waals surface area contributed by atoms with E-state index in [1.54, 1.807) is 24.3 Å². The third-order valence-corrected chi connectivity index (χ3v) is 3.41. The molecule has 0 aliphatic rings. The van der Waals surface area contributed by atoms with Gasteiger partial charge in [0.25, 0.3) is 0 Å². The molecule has 3 aromatic rings. The Bertz CT molecular complexity index is 918. The molecule has 0 spiro atoms. The number of alkyl halides is 3. The number of hydrogen-bond acceptors (Lipinski definition) is 3. The van der Waals surface area contributed by atoms with Crippen molar-refractivity contribution < 1.29 is 18.0 Å². The highest BCUT2D eigenvalue weighted by molar-refractivity contribution is 6.06. The molecular weight excluding hydrogens is 317 g/mol. The number of fused-ring (bicyclic) bond motifs is 1. The fourth-order valence-electron chi connectivity index (χ4n) is 2.18. The summed E-state index contributed by atoms with van der Waals surface area (Å²) in [6, 6.07) is 9.86. The van der Waals surface area contributed by atoms with Gasteiger partial charge in [-0.1, -0.05) is 12.1 Å². The second kappa shape index (κ2) is 6.23. The highest BCUT2D eigenvalue weighted by Crippen LogP contribution is 2.31. The third-order valence-electron chi connectivity index (χ3n) is 3.41. The Morgan fingerprint density at radius 2 is 1.71 bits per heavy atom. The summed E-state index contributed by atoms with van der Waals surface area (Å²) >= 11 is 0. The average Bonchev–Trinajstić information content (AvgIpc) is 2.59. The Morgan fingerprint density at radius 3 is 2.42 bits per heavy atom. The predicted octanol–water partition coefficient (Wildman–Crippen LogP) is 4.54. The van der Waals surface area contributed by atoms with Crippen LogP contribution in [0.3, 0.4) is 0 Å². The molecule has 6 heteroatoms. The topological polar surface area (TPSA) is 42.9 Å². The Kier molecular flexibility index (Phi) is 4.12. The lowest BCUT2D eigenvalue weighted by atomic mass is 10.1. The van der Waals surface area contributed by atoms with E-state index in [1.165, 1.54) is 30.6 Å². The molecule has 0 aliphatic heterocycles. The molecule has 0 bridgehead atoms. The number of benzene rings is 1. The number of hydrogen-bond donors (Lipinski definition) is 0. The van der Waals surface area contributed by atoms with Gasteiger partial charge in [-0.25, -0.2) is 4.98 Å². The first-order valence-electron chi connectivity index (χ1n) is 7.04. The largest absolute Gasteiger partial charge is 0.416 e. The molecular formula is C18H11F3N2O. The zero-order valence-electron chi connectivity index (χ0n) is 12.3. The Balaban J connectivity index is 1.90. The summed E-state index contributed by atoms with van der Waals surface area (Å²) in [6.07, 6.45) is 1.40. The average molecular weight is 328 g/mol. The molecule has 0 N–H and O–H groups in total. The fourth-order valence-corrected chi connectivity index (χ4v) is 2.18. The van der Waals surface area contributed by atoms with Crippen molar-refractivity contribution >= 4 is 22.8 Å². The van der Waals surface area contributed by atoms with Gasteiger partial charge in [-0.05, 0) is 42.5 Å². The van der Waals surface area contributed by atoms with Crippen molar-refractivity contribution in [1.82, 2.24) is 9.97 Å². The van der Waals surface area contributed by atoms with E-state index in [-0.39, 0.29) is 11.3 Å². The molecule has 0 unspecified atom stereocenters. The van der Waals surface area contributed by atoms with Crippen LogP contribution in [0.25, 0.3) is 17.0 Å². The number of carbonyl (C=O) groups excluding carboxylic acids is 1. The molecule has 24 heavy (non-hydrogen) atoms. The van der Waals surface area contributed by atoms with Gasteiger partial charge in [0.1, 0.15) is 0 Å². The number of allylic oxidation sites excluding steroid dienone is 1. The molecule has 3 nitrogen and oxygen atoms in total. The number of carbonyl (C=O) groups is 1. The van der Waals surface area contributed by atoms with Crippen molar-refractivity contribution in [2.24, 2.45) is 0 Å². The summed E-state index contributed by atoms with van der Waals surface area (Å²) < 4.78 is 38.3. The standard InChI is InChI=1S/C18H11F3N2O/c19-18(20,21)14-3-1-12-2-4-15(23-16(12)11-14)5-6-17(24)13-7-9-22-10-8-13/h1-11H. The normalized spacial score (nSPS) is 12.0. The molecule has 0 radical (unpaired) electrons. The van der Waals surface area contributed by atoms with Crippen molar-refractivity contribution in [2.75, 3.05) is 0 Å². The highest BCUT2D eigenvalue weighted by Gasteiger charge is 2.30. The molecule has 0 saturated heterocycles. The molecule has 2 heterocycles. The van der Waals surface area contributed by atoms with E-state index in [2.05, 4.69) is 9.97 Å². The van der Waals surface area contributed by atoms with E-state index < -0.39 is 11.7 Å². The van der Waals surface area contributed by atoms with Crippen LogP contribution in [0.2, 0.25) is 0 Å². The predicted molar refractivity (Wildman–Crippen MR) is 84.3 cm³/mol. The van der Waals surface area contributed by atoms with Gasteiger partial charge >= 0.3 is 6.18 Å². The number of halogens is 3. The Hall–Kier alpha value is -3.02. The lowest BCUT2D eigenvalue weighted by Gasteiger charge is -2.07. The summed E-state index contributed by atoms with van der Waals surface area (Å²) in [7, 11) is 0. The molecule has 0 saturated carbocycles. The van der Waals surface area contributed by atoms with Crippen molar-refractivity contribution in [2.45, 2.75) is 6.18 Å². The van der Waals surface area contributed by atoms with Crippen LogP contribution in [0.15, 0.2) is 60.9 Å². The first kappa shape index (κ1) is 15.9. The molecule has 0 fully saturated rings. The van der Waals surface area contributed by atoms with Crippen LogP contribution in [0.5, 0.6) is 0 Å². The second-order valence-corrected chi connectivity index (χ2v) is 5.07. The van der Waals surface area contributed by atoms with E-state index in [0.29, 0.717) is 16.6 Å². The zero-order valence-corrected chi connectivity index (χ0v) is 12.3. The van der Waals surface area contributed by atoms with Gasteiger partial charge in [0.05, 0.1) is 16.8 Å². The van der Waals surface area contributed by atoms with Crippen LogP contribution in [0, 0.1) is 0 Å². The highest BCUT2D eigenvalue weighted by atomic mass is 19.4. The lowest BCUT2D eigenvalue weighted by molar-refractivity contribution is -0.137. The molecule has 1 aromatic carbocycles. The summed E-state index contributed by atoms with van der Waals surface area (Å²) in [4.78, 5) is 20.0. The maximum atomic E-state index is 12.8. The monoisotopic (exact) mass is 328 g/mol. The molecule has 3 rings (SSSR count). The maximum Gasteiger partial charge on any atom is 0.416 e. The van der Waals surface area contributed by atoms with Gasteiger partial charge in [0.2, 0.25) is 0 Å². The van der Waals surface area contributed by atoms with Crippen LogP contribution in [0.4, 0.5) is 13.2 Å². The number of pyridine rings is 2. The van der Waals surface area contributed by atoms with E-state index in [1.807, 2.05) is 0 Å². The molecule has 2 aromatic heterocycles. The number of aromatic nitrogens is 2. The maximum absolute atomic E-state index is 12.8. The summed E-state index contributed by atoms with van der Waals surface area (Å²) in [5.74, 6) is -0.233. The summed E-state index contributed by atoms with van der Waals surface area (Å²) in [5, 5.41) is 0.598. The van der Waals surface area contributed by atoms with Crippen LogP contribution in [-0.4, -0.2) is 15.8 Å². The Labute approximate surface area is 135 Å². The van der Waals surface area contributed by atoms with Gasteiger partial charge in [0.15, 0.2) is 5.78 Å². The molecule has 120 valence electrons. The minimum atomic E-state index is -4.42. The van der Waals surface area contributed by atoms with Gasteiger partial charge in [-0.3, -0.25) is 9.78 Å². The fraction of sp³-hybridized carbons (Fsp3) is 0.0556. The SMILES string of the molecule is O=C(C=Cc1ccc2ccc(C(F)(F)F)cc2n1)c1ccncc1. The van der Waals surface area contributed by atoms with Crippen LogP contribution in [-0.2, 0) is 6.18 Å². The van der Waals surface area contributed by atoms with Gasteiger partial charge in [0, 0.05) is 23.3 Å². The first-order chi connectivity index (χ1) is 11.4. The van der Waals surface area contributed by atoms with E-state index in [9.17, 15) is 18.0 Å². The van der Waals surface area contributed by atoms with Gasteiger partial charge in [-0.15, -0.1) is 0 Å². The quantitative estimate of drug-likeness (QED) is 0.523.